The Kier molecular flexibility index (Phi) is 3.02. The standard InChI is InChI=1S/C12H14ClN3S/c1-8-12(2,3)14-11(17)16(8)15-10-6-4-9(13)5-7-10/h4-7,15H,1H2,2-3H3,(H,14,17). The molecule has 0 saturated carbocycles. The second-order valence-electron chi connectivity index (χ2n) is 4.46. The van der Waals surface area contributed by atoms with E-state index in [0.717, 1.165) is 11.4 Å². The van der Waals surface area contributed by atoms with Crippen molar-refractivity contribution < 1.29 is 0 Å². The van der Waals surface area contributed by atoms with Crippen LogP contribution in [0.15, 0.2) is 36.5 Å². The molecule has 1 heterocycles. The van der Waals surface area contributed by atoms with Gasteiger partial charge in [0, 0.05) is 5.02 Å². The Labute approximate surface area is 111 Å². The number of hydrogen-bond donors (Lipinski definition) is 2. The van der Waals surface area contributed by atoms with Crippen molar-refractivity contribution in [2.45, 2.75) is 19.4 Å². The predicted molar refractivity (Wildman–Crippen MR) is 75.9 cm³/mol. The first-order valence-corrected chi connectivity index (χ1v) is 6.03. The molecular formula is C12H14ClN3S. The summed E-state index contributed by atoms with van der Waals surface area (Å²) in [5.41, 5.74) is 4.77. The van der Waals surface area contributed by atoms with Gasteiger partial charge >= 0.3 is 0 Å². The molecule has 1 aromatic carbocycles. The Bertz CT molecular complexity index is 467. The number of halogens is 1. The third-order valence-corrected chi connectivity index (χ3v) is 3.24. The third-order valence-electron chi connectivity index (χ3n) is 2.70. The lowest BCUT2D eigenvalue weighted by Gasteiger charge is -2.23. The van der Waals surface area contributed by atoms with E-state index in [2.05, 4.69) is 17.3 Å². The normalized spacial score (nSPS) is 18.2. The van der Waals surface area contributed by atoms with E-state index < -0.39 is 0 Å². The largest absolute Gasteiger partial charge is 0.350 e. The number of nitrogens with zero attached hydrogens (tertiary/aromatic N) is 1. The van der Waals surface area contributed by atoms with Crippen molar-refractivity contribution in [2.75, 3.05) is 5.43 Å². The van der Waals surface area contributed by atoms with Crippen molar-refractivity contribution in [3.8, 4) is 0 Å². The summed E-state index contributed by atoms with van der Waals surface area (Å²) in [6.07, 6.45) is 0. The lowest BCUT2D eigenvalue weighted by molar-refractivity contribution is 0.517. The Morgan fingerprint density at radius 2 is 1.94 bits per heavy atom. The summed E-state index contributed by atoms with van der Waals surface area (Å²) in [5, 5.41) is 6.30. The Hall–Kier alpha value is -1.26. The number of nitrogens with one attached hydrogen (secondary N) is 2. The molecule has 1 fully saturated rings. The first kappa shape index (κ1) is 12.2. The zero-order valence-electron chi connectivity index (χ0n) is 9.75. The third kappa shape index (κ3) is 2.37. The quantitative estimate of drug-likeness (QED) is 0.805. The van der Waals surface area contributed by atoms with Gasteiger partial charge in [-0.2, -0.15) is 0 Å². The molecule has 1 aliphatic heterocycles. The molecule has 0 aliphatic carbocycles. The molecule has 0 amide bonds. The minimum Gasteiger partial charge on any atom is -0.350 e. The van der Waals surface area contributed by atoms with Gasteiger partial charge in [0.2, 0.25) is 0 Å². The van der Waals surface area contributed by atoms with Crippen LogP contribution in [0, 0.1) is 0 Å². The van der Waals surface area contributed by atoms with Gasteiger partial charge in [0.1, 0.15) is 0 Å². The smallest absolute Gasteiger partial charge is 0.193 e. The van der Waals surface area contributed by atoms with Crippen LogP contribution in [0.5, 0.6) is 0 Å². The Morgan fingerprint density at radius 3 is 2.41 bits per heavy atom. The second-order valence-corrected chi connectivity index (χ2v) is 5.28. The van der Waals surface area contributed by atoms with Crippen LogP contribution in [0.4, 0.5) is 5.69 Å². The summed E-state index contributed by atoms with van der Waals surface area (Å²) in [5.74, 6) is 0. The van der Waals surface area contributed by atoms with E-state index in [1.807, 2.05) is 38.1 Å². The number of thiocarbonyl (C=S) groups is 1. The Morgan fingerprint density at radius 1 is 1.35 bits per heavy atom. The molecule has 17 heavy (non-hydrogen) atoms. The molecular weight excluding hydrogens is 254 g/mol. The maximum atomic E-state index is 5.83. The molecule has 2 N–H and O–H groups in total. The minimum atomic E-state index is -0.226. The average molecular weight is 268 g/mol. The maximum Gasteiger partial charge on any atom is 0.193 e. The summed E-state index contributed by atoms with van der Waals surface area (Å²) in [6.45, 7) is 8.11. The van der Waals surface area contributed by atoms with E-state index in [1.165, 1.54) is 0 Å². The molecule has 0 spiro atoms. The molecule has 0 unspecified atom stereocenters. The van der Waals surface area contributed by atoms with Crippen molar-refractivity contribution >= 4 is 34.6 Å². The van der Waals surface area contributed by atoms with Crippen LogP contribution in [0.3, 0.4) is 0 Å². The SMILES string of the molecule is C=C1N(Nc2ccc(Cl)cc2)C(=S)NC1(C)C. The number of anilines is 1. The topological polar surface area (TPSA) is 27.3 Å². The fourth-order valence-electron chi connectivity index (χ4n) is 1.57. The lowest BCUT2D eigenvalue weighted by Crippen LogP contribution is -2.35. The highest BCUT2D eigenvalue weighted by Gasteiger charge is 2.36. The first-order valence-electron chi connectivity index (χ1n) is 5.24. The molecule has 90 valence electrons. The van der Waals surface area contributed by atoms with E-state index >= 15 is 0 Å². The van der Waals surface area contributed by atoms with Gasteiger partial charge in [-0.15, -0.1) is 0 Å². The van der Waals surface area contributed by atoms with Gasteiger partial charge in [0.05, 0.1) is 16.9 Å². The van der Waals surface area contributed by atoms with Crippen LogP contribution in [0.2, 0.25) is 5.02 Å². The molecule has 1 aromatic rings. The molecule has 0 aromatic heterocycles. The van der Waals surface area contributed by atoms with Crippen LogP contribution in [0.25, 0.3) is 0 Å². The van der Waals surface area contributed by atoms with Crippen LogP contribution < -0.4 is 10.7 Å². The maximum absolute atomic E-state index is 5.83. The number of hydrazine groups is 1. The van der Waals surface area contributed by atoms with Crippen molar-refractivity contribution in [3.05, 3.63) is 41.6 Å². The highest BCUT2D eigenvalue weighted by atomic mass is 35.5. The van der Waals surface area contributed by atoms with Gasteiger partial charge in [-0.25, -0.2) is 5.01 Å². The first-order chi connectivity index (χ1) is 7.90. The van der Waals surface area contributed by atoms with E-state index in [1.54, 1.807) is 5.01 Å². The van der Waals surface area contributed by atoms with Crippen molar-refractivity contribution in [1.82, 2.24) is 10.3 Å². The summed E-state index contributed by atoms with van der Waals surface area (Å²) >= 11 is 11.1. The molecule has 2 rings (SSSR count). The predicted octanol–water partition coefficient (Wildman–Crippen LogP) is 3.15. The highest BCUT2D eigenvalue weighted by Crippen LogP contribution is 2.26. The minimum absolute atomic E-state index is 0.226. The van der Waals surface area contributed by atoms with Gasteiger partial charge in [-0.3, -0.25) is 5.43 Å². The fourth-order valence-corrected chi connectivity index (χ4v) is 2.11. The average Bonchev–Trinajstić information content (AvgIpc) is 2.44. The van der Waals surface area contributed by atoms with Gasteiger partial charge in [0.15, 0.2) is 5.11 Å². The zero-order valence-corrected chi connectivity index (χ0v) is 11.3. The summed E-state index contributed by atoms with van der Waals surface area (Å²) < 4.78 is 0. The van der Waals surface area contributed by atoms with E-state index in [-0.39, 0.29) is 5.54 Å². The number of benzene rings is 1. The van der Waals surface area contributed by atoms with Gasteiger partial charge in [-0.1, -0.05) is 18.2 Å². The lowest BCUT2D eigenvalue weighted by atomic mass is 10.0. The molecule has 0 bridgehead atoms. The number of rotatable bonds is 2. The van der Waals surface area contributed by atoms with E-state index in [4.69, 9.17) is 23.8 Å². The van der Waals surface area contributed by atoms with Crippen LogP contribution in [-0.4, -0.2) is 15.7 Å². The molecule has 0 radical (unpaired) electrons. The fraction of sp³-hybridized carbons (Fsp3) is 0.250. The van der Waals surface area contributed by atoms with Crippen LogP contribution >= 0.6 is 23.8 Å². The van der Waals surface area contributed by atoms with E-state index in [9.17, 15) is 0 Å². The Balaban J connectivity index is 2.17. The van der Waals surface area contributed by atoms with Crippen molar-refractivity contribution in [2.24, 2.45) is 0 Å². The second kappa shape index (κ2) is 4.20. The molecule has 0 atom stereocenters. The van der Waals surface area contributed by atoms with Crippen molar-refractivity contribution in [1.29, 1.82) is 0 Å². The van der Waals surface area contributed by atoms with E-state index in [0.29, 0.717) is 10.1 Å². The van der Waals surface area contributed by atoms with Crippen molar-refractivity contribution in [3.63, 3.8) is 0 Å². The molecule has 5 heteroatoms. The highest BCUT2D eigenvalue weighted by molar-refractivity contribution is 7.80. The molecule has 1 aliphatic rings. The monoisotopic (exact) mass is 267 g/mol. The zero-order chi connectivity index (χ0) is 12.6. The molecule has 3 nitrogen and oxygen atoms in total. The molecule has 1 saturated heterocycles. The summed E-state index contributed by atoms with van der Waals surface area (Å²) in [6, 6.07) is 7.43. The van der Waals surface area contributed by atoms with Crippen LogP contribution in [-0.2, 0) is 0 Å². The summed E-state index contributed by atoms with van der Waals surface area (Å²) in [4.78, 5) is 0. The summed E-state index contributed by atoms with van der Waals surface area (Å²) in [7, 11) is 0. The van der Waals surface area contributed by atoms with Gasteiger partial charge in [-0.05, 0) is 50.3 Å². The van der Waals surface area contributed by atoms with Gasteiger partial charge < -0.3 is 5.32 Å². The van der Waals surface area contributed by atoms with Gasteiger partial charge in [0.25, 0.3) is 0 Å². The number of hydrogen-bond acceptors (Lipinski definition) is 2. The van der Waals surface area contributed by atoms with Crippen LogP contribution in [0.1, 0.15) is 13.8 Å².